The zero-order valence-corrected chi connectivity index (χ0v) is 11.4. The Balaban J connectivity index is 2.11. The summed E-state index contributed by atoms with van der Waals surface area (Å²) in [5.41, 5.74) is 8.67. The van der Waals surface area contributed by atoms with Crippen molar-refractivity contribution in [3.63, 3.8) is 0 Å². The number of rotatable bonds is 4. The summed E-state index contributed by atoms with van der Waals surface area (Å²) in [5.74, 6) is 0.950. The molecule has 0 spiro atoms. The molecule has 2 N–H and O–H groups in total. The Labute approximate surface area is 105 Å². The third-order valence-electron chi connectivity index (χ3n) is 3.38. The smallest absolute Gasteiger partial charge is 0.123 e. The lowest BCUT2D eigenvalue weighted by Gasteiger charge is -2.12. The average molecular weight is 284 g/mol. The van der Waals surface area contributed by atoms with Gasteiger partial charge in [0.15, 0.2) is 0 Å². The topological polar surface area (TPSA) is 35.2 Å². The normalized spacial score (nSPS) is 17.2. The Bertz CT molecular complexity index is 399. The van der Waals surface area contributed by atoms with Crippen LogP contribution in [-0.4, -0.2) is 12.6 Å². The van der Waals surface area contributed by atoms with Gasteiger partial charge in [0.25, 0.3) is 0 Å². The van der Waals surface area contributed by atoms with Gasteiger partial charge < -0.3 is 10.5 Å². The number of ether oxygens (including phenoxy) is 1. The summed E-state index contributed by atoms with van der Waals surface area (Å²) in [5, 5.41) is 0. The van der Waals surface area contributed by atoms with E-state index in [9.17, 15) is 0 Å². The molecule has 1 aromatic carbocycles. The maximum absolute atomic E-state index is 6.09. The number of aryl methyl sites for hydroxylation is 1. The van der Waals surface area contributed by atoms with Crippen LogP contribution in [0.2, 0.25) is 0 Å². The maximum Gasteiger partial charge on any atom is 0.123 e. The summed E-state index contributed by atoms with van der Waals surface area (Å²) < 4.78 is 6.47. The monoisotopic (exact) mass is 283 g/mol. The molecule has 1 aliphatic carbocycles. The van der Waals surface area contributed by atoms with E-state index in [1.165, 1.54) is 18.4 Å². The van der Waals surface area contributed by atoms with Gasteiger partial charge in [-0.3, -0.25) is 0 Å². The Morgan fingerprint density at radius 1 is 1.44 bits per heavy atom. The summed E-state index contributed by atoms with van der Waals surface area (Å²) in [7, 11) is 1.71. The van der Waals surface area contributed by atoms with Gasteiger partial charge in [-0.15, -0.1) is 0 Å². The average Bonchev–Trinajstić information content (AvgIpc) is 2.99. The molecule has 0 unspecified atom stereocenters. The molecular formula is C13H18BrNO. The molecule has 1 fully saturated rings. The van der Waals surface area contributed by atoms with Crippen LogP contribution in [-0.2, 0) is 6.42 Å². The van der Waals surface area contributed by atoms with Crippen molar-refractivity contribution in [2.45, 2.75) is 38.1 Å². The van der Waals surface area contributed by atoms with Crippen LogP contribution in [0.3, 0.4) is 0 Å². The molecule has 0 radical (unpaired) electrons. The Hall–Kier alpha value is -0.540. The second-order valence-electron chi connectivity index (χ2n) is 4.77. The van der Waals surface area contributed by atoms with Gasteiger partial charge in [-0.1, -0.05) is 15.9 Å². The minimum Gasteiger partial charge on any atom is -0.496 e. The summed E-state index contributed by atoms with van der Waals surface area (Å²) >= 11 is 3.56. The Kier molecular flexibility index (Phi) is 3.27. The van der Waals surface area contributed by atoms with E-state index in [4.69, 9.17) is 10.5 Å². The van der Waals surface area contributed by atoms with Crippen LogP contribution in [0.1, 0.15) is 30.4 Å². The predicted molar refractivity (Wildman–Crippen MR) is 69.9 cm³/mol. The molecule has 0 aliphatic heterocycles. The number of nitrogens with two attached hydrogens (primary N) is 1. The van der Waals surface area contributed by atoms with E-state index < -0.39 is 0 Å². The minimum absolute atomic E-state index is 0.130. The first-order valence-electron chi connectivity index (χ1n) is 5.66. The van der Waals surface area contributed by atoms with Gasteiger partial charge in [0.05, 0.1) is 7.11 Å². The third kappa shape index (κ3) is 2.58. The van der Waals surface area contributed by atoms with Crippen LogP contribution in [0, 0.1) is 6.92 Å². The molecule has 16 heavy (non-hydrogen) atoms. The first kappa shape index (κ1) is 11.9. The van der Waals surface area contributed by atoms with Crippen LogP contribution in [0.25, 0.3) is 0 Å². The Morgan fingerprint density at radius 3 is 2.69 bits per heavy atom. The molecule has 0 aromatic heterocycles. The van der Waals surface area contributed by atoms with Gasteiger partial charge >= 0.3 is 0 Å². The second-order valence-corrected chi connectivity index (χ2v) is 5.62. The number of benzene rings is 1. The molecule has 1 saturated carbocycles. The molecule has 0 amide bonds. The standard InChI is InChI=1S/C13H18BrNO/c1-9-11(14)7-10(8-12(9)16-2)3-4-13(15)5-6-13/h7-8H,3-6,15H2,1-2H3. The summed E-state index contributed by atoms with van der Waals surface area (Å²) in [6, 6.07) is 4.29. The third-order valence-corrected chi connectivity index (χ3v) is 4.20. The van der Waals surface area contributed by atoms with Crippen molar-refractivity contribution >= 4 is 15.9 Å². The molecule has 0 bridgehead atoms. The van der Waals surface area contributed by atoms with Crippen LogP contribution in [0.5, 0.6) is 5.75 Å². The maximum atomic E-state index is 6.09. The van der Waals surface area contributed by atoms with Gasteiger partial charge in [-0.2, -0.15) is 0 Å². The van der Waals surface area contributed by atoms with Gasteiger partial charge in [-0.05, 0) is 50.3 Å². The van der Waals surface area contributed by atoms with E-state index in [2.05, 4.69) is 35.0 Å². The van der Waals surface area contributed by atoms with Crippen molar-refractivity contribution in [1.29, 1.82) is 0 Å². The zero-order chi connectivity index (χ0) is 11.8. The molecular weight excluding hydrogens is 266 g/mol. The van der Waals surface area contributed by atoms with Crippen LogP contribution in [0.15, 0.2) is 16.6 Å². The van der Waals surface area contributed by atoms with Gasteiger partial charge in [-0.25, -0.2) is 0 Å². The number of hydrogen-bond acceptors (Lipinski definition) is 2. The molecule has 3 heteroatoms. The summed E-state index contributed by atoms with van der Waals surface area (Å²) in [6.07, 6.45) is 4.46. The lowest BCUT2D eigenvalue weighted by atomic mass is 10.0. The zero-order valence-electron chi connectivity index (χ0n) is 9.85. The minimum atomic E-state index is 0.130. The van der Waals surface area contributed by atoms with E-state index in [1.807, 2.05) is 0 Å². The lowest BCUT2D eigenvalue weighted by molar-refractivity contribution is 0.410. The molecule has 0 heterocycles. The molecule has 2 rings (SSSR count). The molecule has 88 valence electrons. The quantitative estimate of drug-likeness (QED) is 0.921. The van der Waals surface area contributed by atoms with E-state index >= 15 is 0 Å². The number of methoxy groups -OCH3 is 1. The molecule has 0 atom stereocenters. The summed E-state index contributed by atoms with van der Waals surface area (Å²) in [4.78, 5) is 0. The fourth-order valence-electron chi connectivity index (χ4n) is 1.87. The molecule has 1 aromatic rings. The van der Waals surface area contributed by atoms with Gasteiger partial charge in [0.1, 0.15) is 5.75 Å². The number of hydrogen-bond donors (Lipinski definition) is 1. The fourth-order valence-corrected chi connectivity index (χ4v) is 2.36. The van der Waals surface area contributed by atoms with Crippen LogP contribution in [0.4, 0.5) is 0 Å². The van der Waals surface area contributed by atoms with Crippen molar-refractivity contribution < 1.29 is 4.74 Å². The van der Waals surface area contributed by atoms with Crippen LogP contribution < -0.4 is 10.5 Å². The van der Waals surface area contributed by atoms with Crippen molar-refractivity contribution in [2.24, 2.45) is 5.73 Å². The molecule has 2 nitrogen and oxygen atoms in total. The SMILES string of the molecule is COc1cc(CCC2(N)CC2)cc(Br)c1C. The summed E-state index contributed by atoms with van der Waals surface area (Å²) in [6.45, 7) is 2.05. The highest BCUT2D eigenvalue weighted by atomic mass is 79.9. The van der Waals surface area contributed by atoms with Crippen molar-refractivity contribution in [3.8, 4) is 5.75 Å². The van der Waals surface area contributed by atoms with E-state index in [-0.39, 0.29) is 5.54 Å². The van der Waals surface area contributed by atoms with Crippen LogP contribution >= 0.6 is 15.9 Å². The highest BCUT2D eigenvalue weighted by molar-refractivity contribution is 9.10. The molecule has 1 aliphatic rings. The second kappa shape index (κ2) is 4.38. The number of halogens is 1. The van der Waals surface area contributed by atoms with Crippen molar-refractivity contribution in [2.75, 3.05) is 7.11 Å². The van der Waals surface area contributed by atoms with E-state index in [0.29, 0.717) is 0 Å². The first-order chi connectivity index (χ1) is 7.54. The highest BCUT2D eigenvalue weighted by Crippen LogP contribution is 2.37. The highest BCUT2D eigenvalue weighted by Gasteiger charge is 2.37. The van der Waals surface area contributed by atoms with E-state index in [1.54, 1.807) is 7.11 Å². The van der Waals surface area contributed by atoms with Crippen molar-refractivity contribution in [1.82, 2.24) is 0 Å². The lowest BCUT2D eigenvalue weighted by Crippen LogP contribution is -2.22. The van der Waals surface area contributed by atoms with Gasteiger partial charge in [0, 0.05) is 15.6 Å². The van der Waals surface area contributed by atoms with Crippen molar-refractivity contribution in [3.05, 3.63) is 27.7 Å². The molecule has 0 saturated heterocycles. The van der Waals surface area contributed by atoms with Gasteiger partial charge in [0.2, 0.25) is 0 Å². The fraction of sp³-hybridized carbons (Fsp3) is 0.538. The predicted octanol–water partition coefficient (Wildman–Crippen LogP) is 3.19. The van der Waals surface area contributed by atoms with E-state index in [0.717, 1.165) is 28.6 Å². The largest absolute Gasteiger partial charge is 0.496 e. The Morgan fingerprint density at radius 2 is 2.12 bits per heavy atom. The first-order valence-corrected chi connectivity index (χ1v) is 6.45.